The first-order valence-corrected chi connectivity index (χ1v) is 10.8. The van der Waals surface area contributed by atoms with Crippen molar-refractivity contribution in [3.63, 3.8) is 0 Å². The van der Waals surface area contributed by atoms with E-state index in [-0.39, 0.29) is 11.1 Å². The first kappa shape index (κ1) is 20.1. The van der Waals surface area contributed by atoms with E-state index in [9.17, 15) is 17.9 Å². The van der Waals surface area contributed by atoms with Gasteiger partial charge in [0.25, 0.3) is 0 Å². The molecule has 0 aliphatic carbocycles. The van der Waals surface area contributed by atoms with Crippen molar-refractivity contribution in [2.45, 2.75) is 17.2 Å². The van der Waals surface area contributed by atoms with Crippen LogP contribution >= 0.6 is 11.3 Å². The van der Waals surface area contributed by atoms with Crippen LogP contribution in [0.15, 0.2) is 35.2 Å². The Morgan fingerprint density at radius 3 is 2.59 bits per heavy atom. The molecule has 1 saturated heterocycles. The van der Waals surface area contributed by atoms with Crippen LogP contribution in [0.4, 0.5) is 9.52 Å². The fourth-order valence-electron chi connectivity index (χ4n) is 3.38. The van der Waals surface area contributed by atoms with Crippen molar-refractivity contribution in [1.29, 1.82) is 0 Å². The molecule has 1 fully saturated rings. The van der Waals surface area contributed by atoms with Gasteiger partial charge in [0.2, 0.25) is 10.0 Å². The molecule has 0 amide bonds. The number of aromatic nitrogens is 1. The second-order valence-electron chi connectivity index (χ2n) is 6.32. The number of nitrogens with two attached hydrogens (primary N) is 2. The number of alkyl halides is 1. The number of aliphatic hydroxyl groups is 1. The molecule has 3 aromatic rings. The lowest BCUT2D eigenvalue weighted by atomic mass is 9.93. The predicted octanol–water partition coefficient (Wildman–Crippen LogP) is 0.311. The average Bonchev–Trinajstić information content (AvgIpc) is 3.33. The van der Waals surface area contributed by atoms with E-state index in [0.29, 0.717) is 21.8 Å². The van der Waals surface area contributed by atoms with Gasteiger partial charge >= 0.3 is 0 Å². The molecular weight excluding hydrogens is 421 g/mol. The summed E-state index contributed by atoms with van der Waals surface area (Å²) in [6.45, 7) is -0.887. The number of para-hydroxylation sites is 1. The topological polar surface area (TPSA) is 167 Å². The lowest BCUT2D eigenvalue weighted by Gasteiger charge is -2.22. The Balaban J connectivity index is 2.09. The third kappa shape index (κ3) is 3.58. The summed E-state index contributed by atoms with van der Waals surface area (Å²) in [6.07, 6.45) is -2.71. The van der Waals surface area contributed by atoms with E-state index in [1.165, 1.54) is 17.4 Å². The van der Waals surface area contributed by atoms with Crippen LogP contribution in [-0.2, 0) is 10.0 Å². The fourth-order valence-corrected chi connectivity index (χ4v) is 5.20. The first-order chi connectivity index (χ1) is 13.8. The lowest BCUT2D eigenvalue weighted by molar-refractivity contribution is 0.177. The Kier molecular flexibility index (Phi) is 5.22. The summed E-state index contributed by atoms with van der Waals surface area (Å²) < 4.78 is 40.3. The molecular formula is C16H18FN7O3S2. The maximum Gasteiger partial charge on any atom is 0.238 e. The molecule has 0 spiro atoms. The van der Waals surface area contributed by atoms with Crippen LogP contribution in [0.3, 0.4) is 0 Å². The fraction of sp³-hybridized carbons (Fsp3) is 0.188. The number of rotatable bonds is 5. The SMILES string of the molecule is Nc1nc2c(-c3ccc(C(F)CO)c(S(N)(=O)=O)c3C3NNNN3)cccc2s1. The molecule has 1 aliphatic rings. The number of nitrogen functional groups attached to an aromatic ring is 1. The summed E-state index contributed by atoms with van der Waals surface area (Å²) in [5.41, 5.74) is 18.3. The summed E-state index contributed by atoms with van der Waals surface area (Å²) >= 11 is 1.30. The van der Waals surface area contributed by atoms with Crippen molar-refractivity contribution in [2.24, 2.45) is 5.14 Å². The molecule has 0 bridgehead atoms. The minimum absolute atomic E-state index is 0.178. The number of hydrogen-bond donors (Lipinski definition) is 7. The third-order valence-corrected chi connectivity index (χ3v) is 6.39. The van der Waals surface area contributed by atoms with Crippen molar-refractivity contribution >= 4 is 36.7 Å². The molecule has 1 aromatic heterocycles. The van der Waals surface area contributed by atoms with E-state index >= 15 is 0 Å². The molecule has 10 nitrogen and oxygen atoms in total. The predicted molar refractivity (Wildman–Crippen MR) is 107 cm³/mol. The number of aliphatic hydroxyl groups excluding tert-OH is 1. The van der Waals surface area contributed by atoms with Crippen LogP contribution in [0.25, 0.3) is 21.3 Å². The molecule has 154 valence electrons. The van der Waals surface area contributed by atoms with Gasteiger partial charge in [0.15, 0.2) is 5.13 Å². The largest absolute Gasteiger partial charge is 0.393 e. The van der Waals surface area contributed by atoms with Crippen molar-refractivity contribution in [2.75, 3.05) is 12.3 Å². The third-order valence-electron chi connectivity index (χ3n) is 4.52. The van der Waals surface area contributed by atoms with Gasteiger partial charge in [-0.15, -0.1) is 0 Å². The lowest BCUT2D eigenvalue weighted by Crippen LogP contribution is -2.33. The highest BCUT2D eigenvalue weighted by molar-refractivity contribution is 7.89. The first-order valence-electron chi connectivity index (χ1n) is 8.42. The smallest absolute Gasteiger partial charge is 0.238 e. The summed E-state index contributed by atoms with van der Waals surface area (Å²) in [4.78, 5) is 3.94. The highest BCUT2D eigenvalue weighted by atomic mass is 32.2. The number of fused-ring (bicyclic) bond motifs is 1. The van der Waals surface area contributed by atoms with E-state index < -0.39 is 33.9 Å². The molecule has 2 heterocycles. The summed E-state index contributed by atoms with van der Waals surface area (Å²) in [5.74, 6) is 0. The van der Waals surface area contributed by atoms with E-state index in [0.717, 1.165) is 4.70 Å². The van der Waals surface area contributed by atoms with Gasteiger partial charge in [-0.2, -0.15) is 11.1 Å². The van der Waals surface area contributed by atoms with Crippen molar-refractivity contribution in [1.82, 2.24) is 26.9 Å². The number of anilines is 1. The Morgan fingerprint density at radius 1 is 1.21 bits per heavy atom. The zero-order valence-electron chi connectivity index (χ0n) is 14.8. The molecule has 1 aliphatic heterocycles. The number of nitrogens with zero attached hydrogens (tertiary/aromatic N) is 1. The van der Waals surface area contributed by atoms with Crippen LogP contribution in [0, 0.1) is 0 Å². The molecule has 0 saturated carbocycles. The number of sulfonamides is 1. The van der Waals surface area contributed by atoms with Gasteiger partial charge < -0.3 is 10.8 Å². The van der Waals surface area contributed by atoms with Gasteiger partial charge in [0, 0.05) is 16.7 Å². The van der Waals surface area contributed by atoms with Gasteiger partial charge in [-0.3, -0.25) is 0 Å². The zero-order valence-corrected chi connectivity index (χ0v) is 16.4. The molecule has 29 heavy (non-hydrogen) atoms. The van der Waals surface area contributed by atoms with Gasteiger partial charge in [0.1, 0.15) is 12.3 Å². The summed E-state index contributed by atoms with van der Waals surface area (Å²) in [6, 6.07) is 8.29. The Morgan fingerprint density at radius 2 is 1.93 bits per heavy atom. The zero-order chi connectivity index (χ0) is 20.8. The highest BCUT2D eigenvalue weighted by Gasteiger charge is 2.32. The number of halogens is 1. The number of hydrazine groups is 3. The molecule has 13 heteroatoms. The number of primary sulfonamides is 1. The minimum Gasteiger partial charge on any atom is -0.393 e. The summed E-state index contributed by atoms with van der Waals surface area (Å²) in [5, 5.41) is 15.1. The number of hydrogen-bond acceptors (Lipinski definition) is 10. The van der Waals surface area contributed by atoms with Crippen LogP contribution < -0.4 is 32.8 Å². The Labute approximate surface area is 169 Å². The van der Waals surface area contributed by atoms with Gasteiger partial charge in [-0.05, 0) is 11.6 Å². The van der Waals surface area contributed by atoms with Gasteiger partial charge in [-0.1, -0.05) is 35.6 Å². The maximum atomic E-state index is 14.4. The van der Waals surface area contributed by atoms with Crippen molar-refractivity contribution in [3.05, 3.63) is 41.5 Å². The number of benzene rings is 2. The maximum absolute atomic E-state index is 14.4. The monoisotopic (exact) mass is 439 g/mol. The van der Waals surface area contributed by atoms with Crippen molar-refractivity contribution in [3.8, 4) is 11.1 Å². The second-order valence-corrected chi connectivity index (χ2v) is 8.88. The standard InChI is InChI=1S/C16H18FN7O3S2/c17-10(6-25)9-5-4-7(8-2-1-3-11-13(8)20-16(18)28-11)12(14(9)29(19,26)27)15-21-23-24-22-15/h1-5,10,15,21-25H,6H2,(H2,18,20)(H2,19,26,27). The van der Waals surface area contributed by atoms with Crippen LogP contribution in [0.2, 0.25) is 0 Å². The Bertz CT molecular complexity index is 1180. The second kappa shape index (κ2) is 7.55. The van der Waals surface area contributed by atoms with Crippen LogP contribution in [0.1, 0.15) is 23.5 Å². The van der Waals surface area contributed by atoms with Crippen LogP contribution in [0.5, 0.6) is 0 Å². The molecule has 1 atom stereocenters. The normalized spacial score (nSPS) is 16.5. The quantitative estimate of drug-likeness (QED) is 0.296. The summed E-state index contributed by atoms with van der Waals surface area (Å²) in [7, 11) is -4.36. The van der Waals surface area contributed by atoms with E-state index in [4.69, 9.17) is 10.9 Å². The minimum atomic E-state index is -4.36. The van der Waals surface area contributed by atoms with E-state index in [1.807, 2.05) is 6.07 Å². The highest BCUT2D eigenvalue weighted by Crippen LogP contribution is 2.40. The molecule has 9 N–H and O–H groups in total. The molecule has 2 aromatic carbocycles. The molecule has 0 radical (unpaired) electrons. The van der Waals surface area contributed by atoms with E-state index in [2.05, 4.69) is 26.9 Å². The molecule has 4 rings (SSSR count). The molecule has 1 unspecified atom stereocenters. The Hall–Kier alpha value is -2.23. The van der Waals surface area contributed by atoms with E-state index in [1.54, 1.807) is 18.2 Å². The average molecular weight is 439 g/mol. The van der Waals surface area contributed by atoms with Crippen molar-refractivity contribution < 1.29 is 17.9 Å². The number of nitrogens with one attached hydrogen (secondary N) is 4. The van der Waals surface area contributed by atoms with Gasteiger partial charge in [0.05, 0.1) is 21.7 Å². The van der Waals surface area contributed by atoms with Gasteiger partial charge in [-0.25, -0.2) is 33.8 Å². The number of thiazole rings is 1. The van der Waals surface area contributed by atoms with Crippen LogP contribution in [-0.4, -0.2) is 25.1 Å².